The number of urea groups is 1. The van der Waals surface area contributed by atoms with Gasteiger partial charge in [-0.25, -0.2) is 4.79 Å². The lowest BCUT2D eigenvalue weighted by molar-refractivity contribution is 0.250. The van der Waals surface area contributed by atoms with Crippen LogP contribution in [-0.4, -0.2) is 19.2 Å². The van der Waals surface area contributed by atoms with Gasteiger partial charge in [0.2, 0.25) is 0 Å². The molecule has 2 amide bonds. The summed E-state index contributed by atoms with van der Waals surface area (Å²) >= 11 is 5.83. The number of halogens is 2. The number of anilines is 1. The predicted molar refractivity (Wildman–Crippen MR) is 124 cm³/mol. The van der Waals surface area contributed by atoms with Crippen LogP contribution < -0.4 is 15.4 Å². The Morgan fingerprint density at radius 3 is 2.56 bits per heavy atom. The maximum Gasteiger partial charge on any atom is 0.319 e. The summed E-state index contributed by atoms with van der Waals surface area (Å²) in [7, 11) is 0. The van der Waals surface area contributed by atoms with E-state index in [0.717, 1.165) is 31.5 Å². The quantitative estimate of drug-likeness (QED) is 0.333. The number of carbonyl (C=O) groups is 1. The van der Waals surface area contributed by atoms with Gasteiger partial charge in [-0.05, 0) is 98.7 Å². The molecule has 6 heteroatoms. The van der Waals surface area contributed by atoms with Crippen LogP contribution in [0.5, 0.6) is 5.75 Å². The summed E-state index contributed by atoms with van der Waals surface area (Å²) in [6, 6.07) is 11.9. The van der Waals surface area contributed by atoms with E-state index in [1.807, 2.05) is 31.2 Å². The maximum atomic E-state index is 12.0. The monoisotopic (exact) mass is 544 g/mol. The molecule has 0 radical (unpaired) electrons. The summed E-state index contributed by atoms with van der Waals surface area (Å²) in [6.45, 7) is 9.62. The first-order chi connectivity index (χ1) is 12.7. The fourth-order valence-corrected chi connectivity index (χ4v) is 3.61. The van der Waals surface area contributed by atoms with Crippen molar-refractivity contribution in [2.24, 2.45) is 0 Å². The Morgan fingerprint density at radius 2 is 1.93 bits per heavy atom. The standard InChI is InChI=1S/C21H26BrIN2O2/c1-14-12-16(23)7-8-18(14)25-20(26)24-10-5-11-27-19-9-6-15(13-17(19)22)21(2,3)4/h6-9,12-13H,5,10-11H2,1-4H3,(H2,24,25,26). The molecule has 2 N–H and O–H groups in total. The molecule has 0 aliphatic rings. The molecular formula is C21H26BrIN2O2. The molecule has 146 valence electrons. The molecule has 4 nitrogen and oxygen atoms in total. The van der Waals surface area contributed by atoms with Crippen LogP contribution in [0.3, 0.4) is 0 Å². The van der Waals surface area contributed by atoms with E-state index in [0.29, 0.717) is 13.2 Å². The summed E-state index contributed by atoms with van der Waals surface area (Å²) in [5.74, 6) is 0.821. The molecule has 2 aromatic carbocycles. The second-order valence-electron chi connectivity index (χ2n) is 7.44. The number of amides is 2. The number of rotatable bonds is 6. The summed E-state index contributed by atoms with van der Waals surface area (Å²) in [6.07, 6.45) is 0.729. The van der Waals surface area contributed by atoms with Crippen LogP contribution in [0, 0.1) is 10.5 Å². The van der Waals surface area contributed by atoms with Crippen LogP contribution in [0.2, 0.25) is 0 Å². The Balaban J connectivity index is 1.73. The predicted octanol–water partition coefficient (Wildman–Crippen LogP) is 6.25. The molecule has 0 aliphatic carbocycles. The zero-order valence-electron chi connectivity index (χ0n) is 16.2. The zero-order chi connectivity index (χ0) is 20.0. The van der Waals surface area contributed by atoms with Crippen LogP contribution in [0.1, 0.15) is 38.3 Å². The van der Waals surface area contributed by atoms with Gasteiger partial charge in [0.05, 0.1) is 11.1 Å². The van der Waals surface area contributed by atoms with Gasteiger partial charge in [0, 0.05) is 15.8 Å². The molecule has 2 rings (SSSR count). The van der Waals surface area contributed by atoms with Crippen molar-refractivity contribution >= 4 is 50.2 Å². The van der Waals surface area contributed by atoms with Crippen molar-refractivity contribution in [1.29, 1.82) is 0 Å². The average molecular weight is 545 g/mol. The molecule has 0 fully saturated rings. The number of benzene rings is 2. The summed E-state index contributed by atoms with van der Waals surface area (Å²) < 4.78 is 7.92. The topological polar surface area (TPSA) is 50.4 Å². The smallest absolute Gasteiger partial charge is 0.319 e. The number of aryl methyl sites for hydroxylation is 1. The van der Waals surface area contributed by atoms with Gasteiger partial charge in [-0.1, -0.05) is 26.8 Å². The summed E-state index contributed by atoms with van der Waals surface area (Å²) in [5, 5.41) is 5.73. The highest BCUT2D eigenvalue weighted by molar-refractivity contribution is 14.1. The van der Waals surface area contributed by atoms with E-state index in [9.17, 15) is 4.79 Å². The average Bonchev–Trinajstić information content (AvgIpc) is 2.57. The molecular weight excluding hydrogens is 519 g/mol. The molecule has 27 heavy (non-hydrogen) atoms. The summed E-state index contributed by atoms with van der Waals surface area (Å²) in [4.78, 5) is 12.0. The second-order valence-corrected chi connectivity index (χ2v) is 9.54. The Bertz CT molecular complexity index is 803. The van der Waals surface area contributed by atoms with E-state index in [2.05, 4.69) is 82.1 Å². The first-order valence-electron chi connectivity index (χ1n) is 8.90. The lowest BCUT2D eigenvalue weighted by atomic mass is 9.87. The van der Waals surface area contributed by atoms with Crippen molar-refractivity contribution in [3.63, 3.8) is 0 Å². The van der Waals surface area contributed by atoms with Crippen molar-refractivity contribution < 1.29 is 9.53 Å². The Kier molecular flexibility index (Phi) is 7.97. The minimum Gasteiger partial charge on any atom is -0.492 e. The lowest BCUT2D eigenvalue weighted by Gasteiger charge is -2.20. The Hall–Kier alpha value is -1.28. The largest absolute Gasteiger partial charge is 0.492 e. The summed E-state index contributed by atoms with van der Waals surface area (Å²) in [5.41, 5.74) is 3.23. The number of hydrogen-bond acceptors (Lipinski definition) is 2. The van der Waals surface area contributed by atoms with Crippen LogP contribution >= 0.6 is 38.5 Å². The van der Waals surface area contributed by atoms with Crippen molar-refractivity contribution in [3.8, 4) is 5.75 Å². The van der Waals surface area contributed by atoms with Gasteiger partial charge in [0.25, 0.3) is 0 Å². The molecule has 0 spiro atoms. The number of carbonyl (C=O) groups excluding carboxylic acids is 1. The van der Waals surface area contributed by atoms with Crippen molar-refractivity contribution in [1.82, 2.24) is 5.32 Å². The van der Waals surface area contributed by atoms with Gasteiger partial charge in [-0.3, -0.25) is 0 Å². The Morgan fingerprint density at radius 1 is 1.19 bits per heavy atom. The van der Waals surface area contributed by atoms with E-state index < -0.39 is 0 Å². The third-order valence-corrected chi connectivity index (χ3v) is 5.39. The number of hydrogen-bond donors (Lipinski definition) is 2. The molecule has 0 aromatic heterocycles. The highest BCUT2D eigenvalue weighted by Gasteiger charge is 2.15. The maximum absolute atomic E-state index is 12.0. The number of nitrogens with one attached hydrogen (secondary N) is 2. The third-order valence-electron chi connectivity index (χ3n) is 4.10. The van der Waals surface area contributed by atoms with Crippen LogP contribution in [0.25, 0.3) is 0 Å². The molecule has 0 saturated carbocycles. The zero-order valence-corrected chi connectivity index (χ0v) is 19.9. The second kappa shape index (κ2) is 9.78. The third kappa shape index (κ3) is 6.99. The minimum atomic E-state index is -0.199. The van der Waals surface area contributed by atoms with Gasteiger partial charge < -0.3 is 15.4 Å². The van der Waals surface area contributed by atoms with Gasteiger partial charge in [-0.2, -0.15) is 0 Å². The molecule has 0 saturated heterocycles. The minimum absolute atomic E-state index is 0.105. The van der Waals surface area contributed by atoms with Crippen LogP contribution in [0.4, 0.5) is 10.5 Å². The van der Waals surface area contributed by atoms with Gasteiger partial charge >= 0.3 is 6.03 Å². The van der Waals surface area contributed by atoms with Crippen LogP contribution in [-0.2, 0) is 5.41 Å². The highest BCUT2D eigenvalue weighted by Crippen LogP contribution is 2.31. The van der Waals surface area contributed by atoms with E-state index in [4.69, 9.17) is 4.74 Å². The fraction of sp³-hybridized carbons (Fsp3) is 0.381. The molecule has 0 heterocycles. The molecule has 0 bridgehead atoms. The normalized spacial score (nSPS) is 11.2. The van der Waals surface area contributed by atoms with E-state index in [-0.39, 0.29) is 11.4 Å². The lowest BCUT2D eigenvalue weighted by Crippen LogP contribution is -2.30. The van der Waals surface area contributed by atoms with Crippen molar-refractivity contribution in [2.45, 2.75) is 39.5 Å². The molecule has 0 unspecified atom stereocenters. The molecule has 0 atom stereocenters. The van der Waals surface area contributed by atoms with Gasteiger partial charge in [0.1, 0.15) is 5.75 Å². The molecule has 2 aromatic rings. The van der Waals surface area contributed by atoms with Crippen LogP contribution in [0.15, 0.2) is 40.9 Å². The Labute approximate surface area is 183 Å². The van der Waals surface area contributed by atoms with Crippen molar-refractivity contribution in [2.75, 3.05) is 18.5 Å². The van der Waals surface area contributed by atoms with E-state index in [1.54, 1.807) is 0 Å². The number of ether oxygens (including phenoxy) is 1. The van der Waals surface area contributed by atoms with E-state index in [1.165, 1.54) is 5.56 Å². The highest BCUT2D eigenvalue weighted by atomic mass is 127. The van der Waals surface area contributed by atoms with E-state index >= 15 is 0 Å². The fourth-order valence-electron chi connectivity index (χ4n) is 2.47. The molecule has 0 aliphatic heterocycles. The SMILES string of the molecule is Cc1cc(I)ccc1NC(=O)NCCCOc1ccc(C(C)(C)C)cc1Br. The first kappa shape index (κ1) is 22.0. The van der Waals surface area contributed by atoms with Gasteiger partial charge in [-0.15, -0.1) is 0 Å². The van der Waals surface area contributed by atoms with Crippen molar-refractivity contribution in [3.05, 3.63) is 55.6 Å². The first-order valence-corrected chi connectivity index (χ1v) is 10.8. The van der Waals surface area contributed by atoms with Gasteiger partial charge in [0.15, 0.2) is 0 Å².